The molecule has 3 N–H and O–H groups in total. The van der Waals surface area contributed by atoms with Crippen LogP contribution in [0.2, 0.25) is 0 Å². The van der Waals surface area contributed by atoms with Gasteiger partial charge in [-0.25, -0.2) is 4.79 Å². The van der Waals surface area contributed by atoms with Gasteiger partial charge in [-0.3, -0.25) is 4.79 Å². The van der Waals surface area contributed by atoms with Crippen molar-refractivity contribution in [2.75, 3.05) is 13.6 Å². The first-order valence-electron chi connectivity index (χ1n) is 7.93. The van der Waals surface area contributed by atoms with Gasteiger partial charge >= 0.3 is 6.03 Å². The van der Waals surface area contributed by atoms with Gasteiger partial charge < -0.3 is 20.4 Å². The highest BCUT2D eigenvalue weighted by atomic mass is 16.4. The van der Waals surface area contributed by atoms with E-state index in [2.05, 4.69) is 17.4 Å². The summed E-state index contributed by atoms with van der Waals surface area (Å²) in [5.41, 5.74) is 6.49. The normalized spacial score (nSPS) is 14.9. The molecule has 1 heterocycles. The molecule has 6 nitrogen and oxygen atoms in total. The van der Waals surface area contributed by atoms with Crippen molar-refractivity contribution in [2.24, 2.45) is 5.73 Å². The molecule has 0 saturated heterocycles. The Morgan fingerprint density at radius 1 is 1.21 bits per heavy atom. The van der Waals surface area contributed by atoms with Gasteiger partial charge in [-0.05, 0) is 30.5 Å². The molecule has 3 amide bonds. The Balaban J connectivity index is 1.54. The Morgan fingerprint density at radius 2 is 1.92 bits per heavy atom. The predicted molar refractivity (Wildman–Crippen MR) is 89.4 cm³/mol. The standard InChI is InChI=1S/C18H21N3O3/c1-21(12-18(9-10-18)13-5-3-2-4-6-13)17(23)20-11-14-7-8-15(24-14)16(19)22/h2-8H,9-12H2,1H3,(H2,19,22)(H,20,23). The van der Waals surface area contributed by atoms with Crippen molar-refractivity contribution in [3.05, 3.63) is 59.5 Å². The highest BCUT2D eigenvalue weighted by Gasteiger charge is 2.45. The topological polar surface area (TPSA) is 88.6 Å². The van der Waals surface area contributed by atoms with Crippen LogP contribution in [0.1, 0.15) is 34.7 Å². The fourth-order valence-electron chi connectivity index (χ4n) is 2.91. The first kappa shape index (κ1) is 16.1. The number of carbonyl (C=O) groups excluding carboxylic acids is 2. The van der Waals surface area contributed by atoms with Crippen molar-refractivity contribution in [3.8, 4) is 0 Å². The molecule has 6 heteroatoms. The monoisotopic (exact) mass is 327 g/mol. The number of furan rings is 1. The molecule has 0 spiro atoms. The van der Waals surface area contributed by atoms with Gasteiger partial charge in [0.1, 0.15) is 5.76 Å². The van der Waals surface area contributed by atoms with Crippen LogP contribution >= 0.6 is 0 Å². The van der Waals surface area contributed by atoms with Gasteiger partial charge in [-0.15, -0.1) is 0 Å². The molecule has 1 aromatic heterocycles. The molecule has 0 aliphatic heterocycles. The molecule has 1 saturated carbocycles. The number of benzene rings is 1. The summed E-state index contributed by atoms with van der Waals surface area (Å²) in [5.74, 6) is -0.0356. The summed E-state index contributed by atoms with van der Waals surface area (Å²) in [6, 6.07) is 13.3. The maximum Gasteiger partial charge on any atom is 0.317 e. The van der Waals surface area contributed by atoms with E-state index in [9.17, 15) is 9.59 Å². The molecule has 0 unspecified atom stereocenters. The molecule has 0 atom stereocenters. The third-order valence-corrected chi connectivity index (χ3v) is 4.44. The lowest BCUT2D eigenvalue weighted by molar-refractivity contribution is 0.0972. The summed E-state index contributed by atoms with van der Waals surface area (Å²) >= 11 is 0. The SMILES string of the molecule is CN(CC1(c2ccccc2)CC1)C(=O)NCc1ccc(C(N)=O)o1. The van der Waals surface area contributed by atoms with Crippen LogP contribution in [-0.4, -0.2) is 30.4 Å². The highest BCUT2D eigenvalue weighted by Crippen LogP contribution is 2.48. The van der Waals surface area contributed by atoms with Gasteiger partial charge in [0.2, 0.25) is 0 Å². The maximum atomic E-state index is 12.3. The summed E-state index contributed by atoms with van der Waals surface area (Å²) in [4.78, 5) is 25.0. The van der Waals surface area contributed by atoms with Crippen molar-refractivity contribution < 1.29 is 14.0 Å². The number of nitrogens with one attached hydrogen (secondary N) is 1. The maximum absolute atomic E-state index is 12.3. The zero-order chi connectivity index (χ0) is 17.2. The lowest BCUT2D eigenvalue weighted by Crippen LogP contribution is -2.41. The van der Waals surface area contributed by atoms with Crippen molar-refractivity contribution in [2.45, 2.75) is 24.8 Å². The second kappa shape index (κ2) is 6.39. The van der Waals surface area contributed by atoms with E-state index in [0.717, 1.165) is 12.8 Å². The second-order valence-electron chi connectivity index (χ2n) is 6.29. The van der Waals surface area contributed by atoms with Crippen LogP contribution in [0.4, 0.5) is 4.79 Å². The Bertz CT molecular complexity index is 735. The van der Waals surface area contributed by atoms with Gasteiger partial charge in [-0.2, -0.15) is 0 Å². The Morgan fingerprint density at radius 3 is 2.50 bits per heavy atom. The van der Waals surface area contributed by atoms with E-state index in [0.29, 0.717) is 12.3 Å². The van der Waals surface area contributed by atoms with E-state index in [-0.39, 0.29) is 23.8 Å². The van der Waals surface area contributed by atoms with Crippen LogP contribution in [0.3, 0.4) is 0 Å². The molecule has 0 bridgehead atoms. The van der Waals surface area contributed by atoms with E-state index >= 15 is 0 Å². The molecule has 1 fully saturated rings. The van der Waals surface area contributed by atoms with Crippen molar-refractivity contribution in [1.29, 1.82) is 0 Å². The largest absolute Gasteiger partial charge is 0.454 e. The summed E-state index contributed by atoms with van der Waals surface area (Å²) in [5, 5.41) is 2.79. The molecule has 24 heavy (non-hydrogen) atoms. The zero-order valence-electron chi connectivity index (χ0n) is 13.6. The van der Waals surface area contributed by atoms with Crippen LogP contribution in [0.5, 0.6) is 0 Å². The van der Waals surface area contributed by atoms with Crippen LogP contribution in [0, 0.1) is 0 Å². The van der Waals surface area contributed by atoms with Crippen molar-refractivity contribution >= 4 is 11.9 Å². The van der Waals surface area contributed by atoms with Gasteiger partial charge in [-0.1, -0.05) is 30.3 Å². The number of amides is 3. The number of likely N-dealkylation sites (N-methyl/N-ethyl adjacent to an activating group) is 1. The van der Waals surface area contributed by atoms with Gasteiger partial charge in [0, 0.05) is 19.0 Å². The third-order valence-electron chi connectivity index (χ3n) is 4.44. The molecule has 126 valence electrons. The Labute approximate surface area is 140 Å². The number of hydrogen-bond acceptors (Lipinski definition) is 3. The van der Waals surface area contributed by atoms with E-state index in [1.54, 1.807) is 18.0 Å². The molecule has 1 aromatic carbocycles. The van der Waals surface area contributed by atoms with Crippen molar-refractivity contribution in [3.63, 3.8) is 0 Å². The van der Waals surface area contributed by atoms with E-state index < -0.39 is 5.91 Å². The lowest BCUT2D eigenvalue weighted by atomic mass is 9.95. The molecule has 1 aliphatic rings. The minimum Gasteiger partial charge on any atom is -0.454 e. The Kier molecular flexibility index (Phi) is 4.29. The second-order valence-corrected chi connectivity index (χ2v) is 6.29. The van der Waals surface area contributed by atoms with Crippen LogP contribution < -0.4 is 11.1 Å². The minimum absolute atomic E-state index is 0.0805. The Hall–Kier alpha value is -2.76. The van der Waals surface area contributed by atoms with Gasteiger partial charge in [0.05, 0.1) is 6.54 Å². The predicted octanol–water partition coefficient (Wildman–Crippen LogP) is 2.25. The molecule has 1 aliphatic carbocycles. The van der Waals surface area contributed by atoms with Gasteiger partial charge in [0.15, 0.2) is 5.76 Å². The zero-order valence-corrected chi connectivity index (χ0v) is 13.6. The number of urea groups is 1. The van der Waals surface area contributed by atoms with E-state index in [1.807, 2.05) is 18.2 Å². The van der Waals surface area contributed by atoms with E-state index in [1.165, 1.54) is 11.6 Å². The van der Waals surface area contributed by atoms with Crippen molar-refractivity contribution in [1.82, 2.24) is 10.2 Å². The summed E-state index contributed by atoms with van der Waals surface area (Å²) < 4.78 is 5.25. The average molecular weight is 327 g/mol. The number of nitrogens with zero attached hydrogens (tertiary/aromatic N) is 1. The summed E-state index contributed by atoms with van der Waals surface area (Å²) in [6.07, 6.45) is 2.18. The summed E-state index contributed by atoms with van der Waals surface area (Å²) in [6.45, 7) is 0.891. The third kappa shape index (κ3) is 3.42. The van der Waals surface area contributed by atoms with Crippen LogP contribution in [-0.2, 0) is 12.0 Å². The van der Waals surface area contributed by atoms with Gasteiger partial charge in [0.25, 0.3) is 5.91 Å². The first-order valence-corrected chi connectivity index (χ1v) is 7.93. The molecular formula is C18H21N3O3. The quantitative estimate of drug-likeness (QED) is 0.853. The van der Waals surface area contributed by atoms with Crippen LogP contribution in [0.25, 0.3) is 0 Å². The number of carbonyl (C=O) groups is 2. The number of primary amides is 1. The molecule has 0 radical (unpaired) electrons. The molecular weight excluding hydrogens is 306 g/mol. The van der Waals surface area contributed by atoms with E-state index in [4.69, 9.17) is 10.2 Å². The number of rotatable bonds is 6. The molecule has 3 rings (SSSR count). The number of hydrogen-bond donors (Lipinski definition) is 2. The summed E-state index contributed by atoms with van der Waals surface area (Å²) in [7, 11) is 1.79. The number of nitrogens with two attached hydrogens (primary N) is 1. The minimum atomic E-state index is -0.622. The average Bonchev–Trinajstić information content (AvgIpc) is 3.20. The first-order chi connectivity index (χ1) is 11.5. The lowest BCUT2D eigenvalue weighted by Gasteiger charge is -2.24. The van der Waals surface area contributed by atoms with Crippen LogP contribution in [0.15, 0.2) is 46.9 Å². The fraction of sp³-hybridized carbons (Fsp3) is 0.333. The fourth-order valence-corrected chi connectivity index (χ4v) is 2.91. The molecule has 2 aromatic rings. The highest BCUT2D eigenvalue weighted by molar-refractivity contribution is 5.89. The smallest absolute Gasteiger partial charge is 0.317 e.